The topological polar surface area (TPSA) is 55.4 Å². The van der Waals surface area contributed by atoms with Crippen molar-refractivity contribution in [1.82, 2.24) is 5.32 Å². The van der Waals surface area contributed by atoms with E-state index in [0.29, 0.717) is 5.75 Å². The monoisotopic (exact) mass is 335 g/mol. The van der Waals surface area contributed by atoms with Gasteiger partial charge in [-0.05, 0) is 40.2 Å². The summed E-state index contributed by atoms with van der Waals surface area (Å²) in [6.45, 7) is 3.95. The third kappa shape index (κ3) is 5.84. The Balaban J connectivity index is 2.57. The quantitative estimate of drug-likeness (QED) is 0.827. The molecule has 0 fully saturated rings. The number of rotatable bonds is 7. The third-order valence-corrected chi connectivity index (χ3v) is 3.82. The first kappa shape index (κ1) is 15.5. The highest BCUT2D eigenvalue weighted by atomic mass is 79.9. The van der Waals surface area contributed by atoms with Gasteiger partial charge in [0.05, 0.1) is 10.2 Å². The van der Waals surface area contributed by atoms with E-state index < -0.39 is 9.84 Å². The van der Waals surface area contributed by atoms with Crippen molar-refractivity contribution in [1.29, 1.82) is 0 Å². The Labute approximate surface area is 117 Å². The molecule has 0 spiro atoms. The predicted octanol–water partition coefficient (Wildman–Crippen LogP) is 1.98. The van der Waals surface area contributed by atoms with Crippen LogP contribution < -0.4 is 10.1 Å². The molecule has 0 amide bonds. The fourth-order valence-corrected chi connectivity index (χ4v) is 2.27. The van der Waals surface area contributed by atoms with E-state index in [1.54, 1.807) is 0 Å². The zero-order valence-corrected chi connectivity index (χ0v) is 13.0. The van der Waals surface area contributed by atoms with Crippen LogP contribution in [0.5, 0.6) is 5.75 Å². The van der Waals surface area contributed by atoms with Crippen molar-refractivity contribution in [2.45, 2.75) is 13.5 Å². The van der Waals surface area contributed by atoms with Crippen LogP contribution in [0.15, 0.2) is 22.7 Å². The number of benzene rings is 1. The lowest BCUT2D eigenvalue weighted by atomic mass is 10.2. The number of sulfone groups is 1. The zero-order valence-electron chi connectivity index (χ0n) is 10.6. The van der Waals surface area contributed by atoms with Crippen LogP contribution in [0.25, 0.3) is 0 Å². The van der Waals surface area contributed by atoms with Crippen LogP contribution in [0.2, 0.25) is 0 Å². The molecule has 6 heteroatoms. The van der Waals surface area contributed by atoms with E-state index in [9.17, 15) is 8.42 Å². The molecule has 18 heavy (non-hydrogen) atoms. The molecule has 4 nitrogen and oxygen atoms in total. The van der Waals surface area contributed by atoms with Crippen molar-refractivity contribution >= 4 is 25.8 Å². The van der Waals surface area contributed by atoms with Gasteiger partial charge in [0.15, 0.2) is 9.84 Å². The summed E-state index contributed by atoms with van der Waals surface area (Å²) >= 11 is 3.42. The molecule has 0 unspecified atom stereocenters. The minimum Gasteiger partial charge on any atom is -0.491 e. The lowest BCUT2D eigenvalue weighted by Gasteiger charge is -2.09. The number of hydrogen-bond acceptors (Lipinski definition) is 4. The maximum Gasteiger partial charge on any atom is 0.150 e. The molecular formula is C12H18BrNO3S. The second-order valence-corrected chi connectivity index (χ2v) is 7.14. The number of hydrogen-bond donors (Lipinski definition) is 1. The van der Waals surface area contributed by atoms with E-state index in [4.69, 9.17) is 4.74 Å². The van der Waals surface area contributed by atoms with Gasteiger partial charge in [0, 0.05) is 12.8 Å². The van der Waals surface area contributed by atoms with Gasteiger partial charge in [0.25, 0.3) is 0 Å². The molecule has 0 bridgehead atoms. The molecule has 1 N–H and O–H groups in total. The first-order chi connectivity index (χ1) is 8.42. The molecule has 0 atom stereocenters. The largest absolute Gasteiger partial charge is 0.491 e. The highest BCUT2D eigenvalue weighted by Gasteiger charge is 2.05. The Morgan fingerprint density at radius 2 is 2.11 bits per heavy atom. The Morgan fingerprint density at radius 1 is 1.39 bits per heavy atom. The Bertz CT molecular complexity index is 488. The van der Waals surface area contributed by atoms with Crippen molar-refractivity contribution in [3.63, 3.8) is 0 Å². The van der Waals surface area contributed by atoms with Gasteiger partial charge in [-0.25, -0.2) is 8.42 Å². The van der Waals surface area contributed by atoms with Crippen LogP contribution in [0.1, 0.15) is 12.5 Å². The van der Waals surface area contributed by atoms with Crippen LogP contribution in [0, 0.1) is 0 Å². The van der Waals surface area contributed by atoms with Gasteiger partial charge in [-0.3, -0.25) is 0 Å². The van der Waals surface area contributed by atoms with Crippen LogP contribution in [0.4, 0.5) is 0 Å². The second kappa shape index (κ2) is 7.11. The summed E-state index contributed by atoms with van der Waals surface area (Å²) in [5, 5.41) is 3.23. The van der Waals surface area contributed by atoms with Gasteiger partial charge in [0.1, 0.15) is 12.4 Å². The average molecular weight is 336 g/mol. The number of halogens is 1. The van der Waals surface area contributed by atoms with Crippen LogP contribution in [-0.4, -0.2) is 33.6 Å². The second-order valence-electron chi connectivity index (χ2n) is 4.02. The summed E-state index contributed by atoms with van der Waals surface area (Å²) < 4.78 is 28.2. The lowest BCUT2D eigenvalue weighted by molar-refractivity contribution is 0.339. The average Bonchev–Trinajstić information content (AvgIpc) is 2.27. The zero-order chi connectivity index (χ0) is 13.6. The minimum absolute atomic E-state index is 0.0264. The van der Waals surface area contributed by atoms with Crippen molar-refractivity contribution in [2.24, 2.45) is 0 Å². The Morgan fingerprint density at radius 3 is 2.67 bits per heavy atom. The first-order valence-electron chi connectivity index (χ1n) is 5.72. The molecule has 0 saturated carbocycles. The smallest absolute Gasteiger partial charge is 0.150 e. The van der Waals surface area contributed by atoms with Crippen molar-refractivity contribution in [3.05, 3.63) is 28.2 Å². The van der Waals surface area contributed by atoms with Crippen LogP contribution in [0.3, 0.4) is 0 Å². The van der Waals surface area contributed by atoms with Gasteiger partial charge in [-0.1, -0.05) is 13.0 Å². The maximum absolute atomic E-state index is 11.0. The summed E-state index contributed by atoms with van der Waals surface area (Å²) in [5.41, 5.74) is 1.15. The van der Waals surface area contributed by atoms with E-state index in [1.807, 2.05) is 18.2 Å². The highest BCUT2D eigenvalue weighted by Crippen LogP contribution is 2.26. The van der Waals surface area contributed by atoms with E-state index >= 15 is 0 Å². The van der Waals surface area contributed by atoms with Gasteiger partial charge in [-0.15, -0.1) is 0 Å². The highest BCUT2D eigenvalue weighted by molar-refractivity contribution is 9.10. The fraction of sp³-hybridized carbons (Fsp3) is 0.500. The summed E-state index contributed by atoms with van der Waals surface area (Å²) in [4.78, 5) is 0. The molecule has 0 radical (unpaired) electrons. The van der Waals surface area contributed by atoms with E-state index in [2.05, 4.69) is 28.2 Å². The molecule has 0 heterocycles. The van der Waals surface area contributed by atoms with Gasteiger partial charge in [-0.2, -0.15) is 0 Å². The predicted molar refractivity (Wildman–Crippen MR) is 76.7 cm³/mol. The molecule has 1 rings (SSSR count). The first-order valence-corrected chi connectivity index (χ1v) is 8.57. The van der Waals surface area contributed by atoms with E-state index in [1.165, 1.54) is 6.26 Å². The Kier molecular flexibility index (Phi) is 6.11. The molecule has 0 saturated heterocycles. The normalized spacial score (nSPS) is 11.5. The van der Waals surface area contributed by atoms with E-state index in [-0.39, 0.29) is 12.4 Å². The van der Waals surface area contributed by atoms with E-state index in [0.717, 1.165) is 23.1 Å². The van der Waals surface area contributed by atoms with Crippen LogP contribution in [-0.2, 0) is 16.4 Å². The SMILES string of the molecule is CCNCc1ccc(OCCS(C)(=O)=O)c(Br)c1. The Hall–Kier alpha value is -0.590. The molecule has 0 aliphatic heterocycles. The molecule has 1 aromatic rings. The standard InChI is InChI=1S/C12H18BrNO3S/c1-3-14-9-10-4-5-12(11(13)8-10)17-6-7-18(2,15)16/h4-5,8,14H,3,6-7,9H2,1-2H3. The molecule has 0 aliphatic carbocycles. The molecule has 102 valence electrons. The van der Waals surface area contributed by atoms with Crippen molar-refractivity contribution in [3.8, 4) is 5.75 Å². The van der Waals surface area contributed by atoms with Crippen molar-refractivity contribution < 1.29 is 13.2 Å². The summed E-state index contributed by atoms with van der Waals surface area (Å²) in [6.07, 6.45) is 1.20. The van der Waals surface area contributed by atoms with Gasteiger partial charge >= 0.3 is 0 Å². The summed E-state index contributed by atoms with van der Waals surface area (Å²) in [6, 6.07) is 5.78. The van der Waals surface area contributed by atoms with Crippen LogP contribution >= 0.6 is 15.9 Å². The van der Waals surface area contributed by atoms with Gasteiger partial charge < -0.3 is 10.1 Å². The number of nitrogens with one attached hydrogen (secondary N) is 1. The molecule has 0 aromatic heterocycles. The maximum atomic E-state index is 11.0. The molecule has 0 aliphatic rings. The minimum atomic E-state index is -2.98. The number of ether oxygens (including phenoxy) is 1. The lowest BCUT2D eigenvalue weighted by Crippen LogP contribution is -2.13. The van der Waals surface area contributed by atoms with Crippen molar-refractivity contribution in [2.75, 3.05) is 25.2 Å². The summed E-state index contributed by atoms with van der Waals surface area (Å²) in [5.74, 6) is 0.692. The van der Waals surface area contributed by atoms with Gasteiger partial charge in [0.2, 0.25) is 0 Å². The molecule has 1 aromatic carbocycles. The fourth-order valence-electron chi connectivity index (χ4n) is 1.34. The summed E-state index contributed by atoms with van der Waals surface area (Å²) in [7, 11) is -2.98. The third-order valence-electron chi connectivity index (χ3n) is 2.29. The molecular weight excluding hydrogens is 318 g/mol.